The van der Waals surface area contributed by atoms with Crippen LogP contribution in [-0.2, 0) is 0 Å². The average Bonchev–Trinajstić information content (AvgIpc) is 2.74. The lowest BCUT2D eigenvalue weighted by Crippen LogP contribution is -2.19. The molecule has 0 unspecified atom stereocenters. The van der Waals surface area contributed by atoms with Gasteiger partial charge in [0.2, 0.25) is 0 Å². The average molecular weight is 493 g/mol. The van der Waals surface area contributed by atoms with Crippen LogP contribution in [0.4, 0.5) is 0 Å². The van der Waals surface area contributed by atoms with E-state index >= 15 is 0 Å². The molecule has 29 heavy (non-hydrogen) atoms. The minimum Gasteiger partial charge on any atom is -0.492 e. The van der Waals surface area contributed by atoms with Crippen molar-refractivity contribution in [1.82, 2.24) is 4.90 Å². The Labute approximate surface area is 188 Å². The SMILES string of the molecule is CC/C(=C(/c1ccc([123I])cc1)c1ccc(OCCN(C)C)cc1)c1ccccc1. The van der Waals surface area contributed by atoms with Gasteiger partial charge in [0.15, 0.2) is 0 Å². The largest absolute Gasteiger partial charge is 0.492 e. The second kappa shape index (κ2) is 10.6. The topological polar surface area (TPSA) is 12.5 Å². The number of nitrogens with zero attached hydrogens (tertiary/aromatic N) is 1. The standard InChI is InChI=1S/C26H28INO/c1-4-25(20-8-6-5-7-9-20)26(21-10-14-23(27)15-11-21)22-12-16-24(17-13-22)29-19-18-28(2)3/h5-17H,4,18-19H2,1-3H3/b26-25+/i27-4. The summed E-state index contributed by atoms with van der Waals surface area (Å²) in [4.78, 5) is 2.12. The van der Waals surface area contributed by atoms with Crippen molar-refractivity contribution in [1.29, 1.82) is 0 Å². The first-order valence-electron chi connectivity index (χ1n) is 10.0. The molecule has 0 atom stereocenters. The third kappa shape index (κ3) is 5.94. The van der Waals surface area contributed by atoms with E-state index in [9.17, 15) is 0 Å². The predicted octanol–water partition coefficient (Wildman–Crippen LogP) is 6.60. The first-order chi connectivity index (χ1) is 14.1. The van der Waals surface area contributed by atoms with Gasteiger partial charge in [0.1, 0.15) is 12.4 Å². The molecule has 0 fully saturated rings. The number of hydrogen-bond acceptors (Lipinski definition) is 2. The quantitative estimate of drug-likeness (QED) is 0.259. The predicted molar refractivity (Wildman–Crippen MR) is 132 cm³/mol. The van der Waals surface area contributed by atoms with Gasteiger partial charge in [-0.25, -0.2) is 0 Å². The third-order valence-corrected chi connectivity index (χ3v) is 5.58. The van der Waals surface area contributed by atoms with Crippen LogP contribution in [0.3, 0.4) is 0 Å². The number of benzene rings is 3. The molecule has 3 aromatic carbocycles. The summed E-state index contributed by atoms with van der Waals surface area (Å²) in [5, 5.41) is 0. The van der Waals surface area contributed by atoms with Crippen molar-refractivity contribution < 1.29 is 4.74 Å². The molecule has 0 amide bonds. The Hall–Kier alpha value is -2.11. The van der Waals surface area contributed by atoms with Gasteiger partial charge in [-0.1, -0.05) is 61.5 Å². The third-order valence-electron chi connectivity index (χ3n) is 4.86. The summed E-state index contributed by atoms with van der Waals surface area (Å²) >= 11 is 2.36. The van der Waals surface area contributed by atoms with Crippen LogP contribution >= 0.6 is 22.6 Å². The summed E-state index contributed by atoms with van der Waals surface area (Å²) in [7, 11) is 4.11. The highest BCUT2D eigenvalue weighted by Gasteiger charge is 2.13. The second-order valence-corrected chi connectivity index (χ2v) is 8.50. The molecular weight excluding hydrogens is 465 g/mol. The number of ether oxygens (including phenoxy) is 1. The van der Waals surface area contributed by atoms with Crippen molar-refractivity contribution in [3.05, 3.63) is 99.1 Å². The summed E-state index contributed by atoms with van der Waals surface area (Å²) in [6, 6.07) is 28.0. The molecule has 0 bridgehead atoms. The number of rotatable bonds is 8. The van der Waals surface area contributed by atoms with Crippen molar-refractivity contribution in [3.8, 4) is 5.75 Å². The van der Waals surface area contributed by atoms with E-state index in [1.54, 1.807) is 0 Å². The van der Waals surface area contributed by atoms with Crippen LogP contribution in [0, 0.1) is 3.57 Å². The van der Waals surface area contributed by atoms with Gasteiger partial charge in [-0.2, -0.15) is 0 Å². The lowest BCUT2D eigenvalue weighted by Gasteiger charge is -2.17. The van der Waals surface area contributed by atoms with Crippen LogP contribution in [0.1, 0.15) is 30.0 Å². The fraction of sp³-hybridized carbons (Fsp3) is 0.231. The highest BCUT2D eigenvalue weighted by molar-refractivity contribution is 14.1. The van der Waals surface area contributed by atoms with E-state index < -0.39 is 0 Å². The summed E-state index contributed by atoms with van der Waals surface area (Å²) in [5.74, 6) is 0.912. The first kappa shape index (κ1) is 21.6. The molecule has 0 aliphatic heterocycles. The maximum absolute atomic E-state index is 5.89. The summed E-state index contributed by atoms with van der Waals surface area (Å²) in [5.41, 5.74) is 6.37. The summed E-state index contributed by atoms with van der Waals surface area (Å²) in [6.07, 6.45) is 0.965. The van der Waals surface area contributed by atoms with Gasteiger partial charge < -0.3 is 9.64 Å². The zero-order valence-electron chi connectivity index (χ0n) is 17.4. The zero-order valence-corrected chi connectivity index (χ0v) is 19.5. The van der Waals surface area contributed by atoms with E-state index in [-0.39, 0.29) is 0 Å². The molecule has 0 saturated heterocycles. The van der Waals surface area contributed by atoms with Gasteiger partial charge in [0.05, 0.1) is 0 Å². The number of halogens is 1. The van der Waals surface area contributed by atoms with Crippen LogP contribution < -0.4 is 4.74 Å². The molecule has 3 rings (SSSR count). The summed E-state index contributed by atoms with van der Waals surface area (Å²) in [6.45, 7) is 3.83. The van der Waals surface area contributed by atoms with E-state index in [1.165, 1.54) is 31.4 Å². The molecule has 0 aliphatic rings. The van der Waals surface area contributed by atoms with Gasteiger partial charge in [-0.3, -0.25) is 0 Å². The molecule has 3 heteroatoms. The number of hydrogen-bond donors (Lipinski definition) is 0. The van der Waals surface area contributed by atoms with E-state index in [1.807, 2.05) is 0 Å². The van der Waals surface area contributed by atoms with Crippen molar-refractivity contribution in [3.63, 3.8) is 0 Å². The Morgan fingerprint density at radius 3 is 1.93 bits per heavy atom. The molecule has 0 saturated carbocycles. The Kier molecular flexibility index (Phi) is 7.90. The summed E-state index contributed by atoms with van der Waals surface area (Å²) < 4.78 is 7.13. The van der Waals surface area contributed by atoms with Crippen molar-refractivity contribution in [2.75, 3.05) is 27.2 Å². The van der Waals surface area contributed by atoms with Crippen LogP contribution in [0.15, 0.2) is 78.9 Å². The molecule has 0 aliphatic carbocycles. The minimum atomic E-state index is 0.691. The van der Waals surface area contributed by atoms with Gasteiger partial charge in [-0.15, -0.1) is 0 Å². The molecule has 0 aromatic heterocycles. The first-order valence-corrected chi connectivity index (χ1v) is 11.1. The maximum Gasteiger partial charge on any atom is 0.119 e. The van der Waals surface area contributed by atoms with Gasteiger partial charge in [0.25, 0.3) is 0 Å². The number of allylic oxidation sites excluding steroid dienone is 1. The zero-order chi connectivity index (χ0) is 20.6. The molecule has 0 radical (unpaired) electrons. The highest BCUT2D eigenvalue weighted by Crippen LogP contribution is 2.35. The van der Waals surface area contributed by atoms with Crippen LogP contribution in [-0.4, -0.2) is 32.1 Å². The highest BCUT2D eigenvalue weighted by atomic mass is 123. The molecule has 2 nitrogen and oxygen atoms in total. The molecule has 0 heterocycles. The Morgan fingerprint density at radius 1 is 0.793 bits per heavy atom. The maximum atomic E-state index is 5.89. The van der Waals surface area contributed by atoms with Crippen molar-refractivity contribution >= 4 is 33.7 Å². The van der Waals surface area contributed by atoms with Crippen LogP contribution in [0.25, 0.3) is 11.1 Å². The molecule has 3 aromatic rings. The van der Waals surface area contributed by atoms with E-state index in [0.717, 1.165) is 18.7 Å². The molecule has 150 valence electrons. The normalized spacial score (nSPS) is 12.0. The Balaban J connectivity index is 2.02. The van der Waals surface area contributed by atoms with Crippen LogP contribution in [0.5, 0.6) is 5.75 Å². The van der Waals surface area contributed by atoms with Crippen LogP contribution in [0.2, 0.25) is 0 Å². The second-order valence-electron chi connectivity index (χ2n) is 7.26. The van der Waals surface area contributed by atoms with E-state index in [4.69, 9.17) is 4.74 Å². The Morgan fingerprint density at radius 2 is 1.38 bits per heavy atom. The van der Waals surface area contributed by atoms with Gasteiger partial charge >= 0.3 is 0 Å². The minimum absolute atomic E-state index is 0.691. The van der Waals surface area contributed by atoms with Gasteiger partial charge in [0, 0.05) is 10.1 Å². The lowest BCUT2D eigenvalue weighted by molar-refractivity contribution is 0.261. The monoisotopic (exact) mass is 493 g/mol. The van der Waals surface area contributed by atoms with Crippen molar-refractivity contribution in [2.45, 2.75) is 13.3 Å². The molecular formula is C26H28INO. The van der Waals surface area contributed by atoms with E-state index in [0.29, 0.717) is 6.61 Å². The molecule has 0 spiro atoms. The van der Waals surface area contributed by atoms with Crippen molar-refractivity contribution in [2.24, 2.45) is 0 Å². The fourth-order valence-corrected chi connectivity index (χ4v) is 3.72. The fourth-order valence-electron chi connectivity index (χ4n) is 3.36. The molecule has 0 N–H and O–H groups in total. The number of likely N-dealkylation sites (N-methyl/N-ethyl adjacent to an activating group) is 1. The Bertz CT molecular complexity index is 929. The van der Waals surface area contributed by atoms with E-state index in [2.05, 4.69) is 127 Å². The lowest BCUT2D eigenvalue weighted by atomic mass is 9.88. The van der Waals surface area contributed by atoms with Gasteiger partial charge in [-0.05, 0) is 95.2 Å². The smallest absolute Gasteiger partial charge is 0.119 e.